The van der Waals surface area contributed by atoms with Crippen LogP contribution in [-0.4, -0.2) is 30.1 Å². The molecule has 0 unspecified atom stereocenters. The van der Waals surface area contributed by atoms with Gasteiger partial charge in [0.1, 0.15) is 0 Å². The number of thioether (sulfide) groups is 2. The molecule has 0 aliphatic rings. The molecule has 0 bridgehead atoms. The fourth-order valence-corrected chi connectivity index (χ4v) is 1.83. The van der Waals surface area contributed by atoms with Gasteiger partial charge < -0.3 is 5.73 Å². The molecule has 0 aromatic rings. The summed E-state index contributed by atoms with van der Waals surface area (Å²) in [5.74, 6) is 3.68. The van der Waals surface area contributed by atoms with Crippen LogP contribution >= 0.6 is 23.5 Å². The van der Waals surface area contributed by atoms with Crippen LogP contribution < -0.4 is 5.73 Å². The zero-order valence-electron chi connectivity index (χ0n) is 5.93. The zero-order valence-corrected chi connectivity index (χ0v) is 7.56. The molecule has 0 saturated carbocycles. The molecule has 56 valence electrons. The van der Waals surface area contributed by atoms with E-state index in [2.05, 4.69) is 6.26 Å². The van der Waals surface area contributed by atoms with Gasteiger partial charge >= 0.3 is 0 Å². The highest BCUT2D eigenvalue weighted by Crippen LogP contribution is 2.03. The molecule has 0 atom stereocenters. The Balaban J connectivity index is 2.60. The maximum atomic E-state index is 5.32. The normalized spacial score (nSPS) is 10.0. The molecule has 3 heteroatoms. The molecule has 9 heavy (non-hydrogen) atoms. The van der Waals surface area contributed by atoms with Crippen LogP contribution in [0.3, 0.4) is 0 Å². The Hall–Kier alpha value is 0.660. The molecule has 0 spiro atoms. The van der Waals surface area contributed by atoms with E-state index in [4.69, 9.17) is 5.73 Å². The van der Waals surface area contributed by atoms with E-state index in [0.29, 0.717) is 0 Å². The molecule has 0 aliphatic carbocycles. The predicted octanol–water partition coefficient (Wildman–Crippen LogP) is 1.43. The van der Waals surface area contributed by atoms with Crippen molar-refractivity contribution in [2.45, 2.75) is 6.42 Å². The lowest BCUT2D eigenvalue weighted by molar-refractivity contribution is 1.11. The van der Waals surface area contributed by atoms with Gasteiger partial charge in [0.05, 0.1) is 0 Å². The molecule has 2 N–H and O–H groups in total. The monoisotopic (exact) mass is 165 g/mol. The van der Waals surface area contributed by atoms with Gasteiger partial charge in [-0.3, -0.25) is 0 Å². The molecule has 0 rings (SSSR count). The Bertz CT molecular complexity index is 44.3. The molecule has 0 amide bonds. The molecule has 0 aromatic heterocycles. The van der Waals surface area contributed by atoms with Crippen LogP contribution in [0.25, 0.3) is 0 Å². The van der Waals surface area contributed by atoms with Crippen molar-refractivity contribution in [2.75, 3.05) is 30.1 Å². The summed E-state index contributed by atoms with van der Waals surface area (Å²) in [6.45, 7) is 0.823. The minimum absolute atomic E-state index is 0.823. The van der Waals surface area contributed by atoms with Gasteiger partial charge in [0.2, 0.25) is 0 Å². The van der Waals surface area contributed by atoms with Gasteiger partial charge in [-0.2, -0.15) is 23.5 Å². The van der Waals surface area contributed by atoms with E-state index >= 15 is 0 Å². The lowest BCUT2D eigenvalue weighted by atomic mass is 10.6. The predicted molar refractivity (Wildman–Crippen MR) is 49.4 cm³/mol. The summed E-state index contributed by atoms with van der Waals surface area (Å²) in [6.07, 6.45) is 3.47. The summed E-state index contributed by atoms with van der Waals surface area (Å²) in [5.41, 5.74) is 5.32. The highest BCUT2D eigenvalue weighted by Gasteiger charge is 1.85. The minimum Gasteiger partial charge on any atom is -0.330 e. The summed E-state index contributed by atoms with van der Waals surface area (Å²) in [6, 6.07) is 0. The average molecular weight is 165 g/mol. The third-order valence-corrected chi connectivity index (χ3v) is 2.70. The molecule has 0 heterocycles. The molecule has 1 nitrogen and oxygen atoms in total. The quantitative estimate of drug-likeness (QED) is 0.603. The maximum absolute atomic E-state index is 5.32. The average Bonchev–Trinajstić information content (AvgIpc) is 1.89. The van der Waals surface area contributed by atoms with Crippen molar-refractivity contribution in [1.29, 1.82) is 0 Å². The third kappa shape index (κ3) is 8.66. The molecular formula is C6H15NS2. The molecule has 0 aliphatic heterocycles. The van der Waals surface area contributed by atoms with E-state index in [0.717, 1.165) is 12.3 Å². The number of rotatable bonds is 6. The second kappa shape index (κ2) is 8.66. The van der Waals surface area contributed by atoms with Crippen LogP contribution in [0.15, 0.2) is 0 Å². The zero-order chi connectivity index (χ0) is 6.95. The number of hydrogen-bond donors (Lipinski definition) is 1. The Morgan fingerprint density at radius 3 is 2.56 bits per heavy atom. The summed E-state index contributed by atoms with van der Waals surface area (Å²) >= 11 is 3.87. The molecule has 0 saturated heterocycles. The van der Waals surface area contributed by atoms with Gasteiger partial charge in [0.15, 0.2) is 0 Å². The first-order chi connectivity index (χ1) is 4.41. The molecule has 0 aromatic carbocycles. The summed E-state index contributed by atoms with van der Waals surface area (Å²) < 4.78 is 0. The van der Waals surface area contributed by atoms with E-state index in [-0.39, 0.29) is 0 Å². The summed E-state index contributed by atoms with van der Waals surface area (Å²) in [4.78, 5) is 0. The van der Waals surface area contributed by atoms with E-state index in [1.54, 1.807) is 0 Å². The SMILES string of the molecule is CSCCCSCCN. The largest absolute Gasteiger partial charge is 0.330 e. The minimum atomic E-state index is 0.823. The third-order valence-electron chi connectivity index (χ3n) is 0.899. The standard InChI is InChI=1S/C6H15NS2/c1-8-4-2-5-9-6-3-7/h2-7H2,1H3. The van der Waals surface area contributed by atoms with Crippen molar-refractivity contribution in [3.8, 4) is 0 Å². The van der Waals surface area contributed by atoms with E-state index in [1.165, 1.54) is 17.9 Å². The van der Waals surface area contributed by atoms with Crippen molar-refractivity contribution >= 4 is 23.5 Å². The van der Waals surface area contributed by atoms with Crippen molar-refractivity contribution in [1.82, 2.24) is 0 Å². The van der Waals surface area contributed by atoms with E-state index in [1.807, 2.05) is 23.5 Å². The van der Waals surface area contributed by atoms with Crippen LogP contribution in [0.1, 0.15) is 6.42 Å². The first kappa shape index (κ1) is 9.66. The van der Waals surface area contributed by atoms with Crippen LogP contribution in [0.4, 0.5) is 0 Å². The number of hydrogen-bond acceptors (Lipinski definition) is 3. The maximum Gasteiger partial charge on any atom is 0.00558 e. The van der Waals surface area contributed by atoms with Crippen molar-refractivity contribution in [3.63, 3.8) is 0 Å². The fraction of sp³-hybridized carbons (Fsp3) is 1.00. The van der Waals surface area contributed by atoms with Crippen LogP contribution in [-0.2, 0) is 0 Å². The van der Waals surface area contributed by atoms with E-state index in [9.17, 15) is 0 Å². The second-order valence-electron chi connectivity index (χ2n) is 1.75. The van der Waals surface area contributed by atoms with Gasteiger partial charge in [-0.25, -0.2) is 0 Å². The topological polar surface area (TPSA) is 26.0 Å². The highest BCUT2D eigenvalue weighted by atomic mass is 32.2. The van der Waals surface area contributed by atoms with Gasteiger partial charge in [-0.05, 0) is 24.2 Å². The van der Waals surface area contributed by atoms with Crippen LogP contribution in [0.2, 0.25) is 0 Å². The Labute approximate surface area is 66.2 Å². The molecule has 0 fully saturated rings. The fourth-order valence-electron chi connectivity index (χ4n) is 0.491. The lowest BCUT2D eigenvalue weighted by Crippen LogP contribution is -2.01. The summed E-state index contributed by atoms with van der Waals surface area (Å²) in [5, 5.41) is 0. The first-order valence-corrected chi connectivity index (χ1v) is 5.73. The van der Waals surface area contributed by atoms with Gasteiger partial charge in [-0.15, -0.1) is 0 Å². The molecular weight excluding hydrogens is 150 g/mol. The Kier molecular flexibility index (Phi) is 9.30. The highest BCUT2D eigenvalue weighted by molar-refractivity contribution is 7.99. The van der Waals surface area contributed by atoms with Gasteiger partial charge in [0, 0.05) is 12.3 Å². The van der Waals surface area contributed by atoms with E-state index < -0.39 is 0 Å². The van der Waals surface area contributed by atoms with Crippen molar-refractivity contribution < 1.29 is 0 Å². The first-order valence-electron chi connectivity index (χ1n) is 3.18. The molecule has 0 radical (unpaired) electrons. The Morgan fingerprint density at radius 2 is 2.00 bits per heavy atom. The van der Waals surface area contributed by atoms with Crippen LogP contribution in [0, 0.1) is 0 Å². The van der Waals surface area contributed by atoms with Crippen molar-refractivity contribution in [3.05, 3.63) is 0 Å². The summed E-state index contributed by atoms with van der Waals surface area (Å²) in [7, 11) is 0. The number of nitrogens with two attached hydrogens (primary N) is 1. The van der Waals surface area contributed by atoms with Gasteiger partial charge in [-0.1, -0.05) is 0 Å². The van der Waals surface area contributed by atoms with Gasteiger partial charge in [0.25, 0.3) is 0 Å². The second-order valence-corrected chi connectivity index (χ2v) is 3.96. The Morgan fingerprint density at radius 1 is 1.22 bits per heavy atom. The lowest BCUT2D eigenvalue weighted by Gasteiger charge is -1.96. The van der Waals surface area contributed by atoms with Crippen LogP contribution in [0.5, 0.6) is 0 Å². The van der Waals surface area contributed by atoms with Crippen molar-refractivity contribution in [2.24, 2.45) is 5.73 Å². The smallest absolute Gasteiger partial charge is 0.00558 e.